The molecule has 4 N–H and O–H groups in total. The molecular weight excluding hydrogens is 811 g/mol. The zero-order valence-electron chi connectivity index (χ0n) is 35.2. The molecular formula is C45H51N9O7S. The lowest BCUT2D eigenvalue weighted by atomic mass is 9.91. The number of para-hydroxylation sites is 1. The average Bonchev–Trinajstić information content (AvgIpc) is 4.06. The molecule has 3 amide bonds. The van der Waals surface area contributed by atoms with E-state index in [1.54, 1.807) is 35.6 Å². The fraction of sp³-hybridized carbons (Fsp3) is 0.400. The lowest BCUT2D eigenvalue weighted by molar-refractivity contribution is -0.141. The summed E-state index contributed by atoms with van der Waals surface area (Å²) in [6.07, 6.45) is 1.59. The number of H-pyrrole nitrogens is 1. The van der Waals surface area contributed by atoms with Crippen molar-refractivity contribution in [1.29, 1.82) is 0 Å². The number of aromatic amines is 1. The van der Waals surface area contributed by atoms with Crippen molar-refractivity contribution < 1.29 is 33.9 Å². The molecule has 62 heavy (non-hydrogen) atoms. The van der Waals surface area contributed by atoms with E-state index in [2.05, 4.69) is 30.6 Å². The summed E-state index contributed by atoms with van der Waals surface area (Å²) in [5, 5.41) is 37.5. The maximum atomic E-state index is 14.1. The number of β-amino-alcohol motifs (C(OH)–C–C–N with tert-alkyl or cyclic N) is 1. The number of aromatic nitrogens is 5. The van der Waals surface area contributed by atoms with Gasteiger partial charge in [-0.05, 0) is 59.9 Å². The number of aromatic hydroxyl groups is 1. The molecule has 324 valence electrons. The summed E-state index contributed by atoms with van der Waals surface area (Å²) in [6.45, 7) is 8.65. The van der Waals surface area contributed by atoms with E-state index in [-0.39, 0.29) is 67.3 Å². The van der Waals surface area contributed by atoms with Crippen molar-refractivity contribution in [2.45, 2.75) is 64.1 Å². The van der Waals surface area contributed by atoms with E-state index in [0.29, 0.717) is 55.3 Å². The predicted octanol–water partition coefficient (Wildman–Crippen LogP) is 5.09. The number of benzene rings is 2. The van der Waals surface area contributed by atoms with Crippen LogP contribution in [0.2, 0.25) is 0 Å². The third kappa shape index (κ3) is 9.19. The van der Waals surface area contributed by atoms with Gasteiger partial charge in [-0.3, -0.25) is 14.4 Å². The van der Waals surface area contributed by atoms with E-state index in [1.165, 1.54) is 4.90 Å². The van der Waals surface area contributed by atoms with Crippen molar-refractivity contribution in [3.05, 3.63) is 95.0 Å². The smallest absolute Gasteiger partial charge is 0.254 e. The molecule has 0 bridgehead atoms. The van der Waals surface area contributed by atoms with Gasteiger partial charge in [0.2, 0.25) is 17.7 Å². The minimum atomic E-state index is -0.832. The van der Waals surface area contributed by atoms with E-state index in [4.69, 9.17) is 9.26 Å². The van der Waals surface area contributed by atoms with Crippen LogP contribution in [0.25, 0.3) is 32.7 Å². The van der Waals surface area contributed by atoms with Crippen molar-refractivity contribution in [1.82, 2.24) is 45.3 Å². The number of fused-ring (bicyclic) bond motifs is 1. The van der Waals surface area contributed by atoms with Gasteiger partial charge < -0.3 is 44.5 Å². The second-order valence-corrected chi connectivity index (χ2v) is 17.4. The third-order valence-electron chi connectivity index (χ3n) is 11.8. The van der Waals surface area contributed by atoms with Crippen LogP contribution in [-0.2, 0) is 20.9 Å². The number of likely N-dealkylation sites (N-methyl/N-ethyl adjacent to an activating group) is 1. The molecule has 2 aliphatic rings. The van der Waals surface area contributed by atoms with Crippen LogP contribution in [0.15, 0.2) is 76.9 Å². The second kappa shape index (κ2) is 18.4. The van der Waals surface area contributed by atoms with E-state index in [0.717, 1.165) is 32.6 Å². The molecule has 0 spiro atoms. The fourth-order valence-corrected chi connectivity index (χ4v) is 9.02. The highest BCUT2D eigenvalue weighted by Crippen LogP contribution is 2.36. The molecule has 2 aromatic carbocycles. The first kappa shape index (κ1) is 42.5. The molecule has 2 fully saturated rings. The summed E-state index contributed by atoms with van der Waals surface area (Å²) in [4.78, 5) is 54.5. The largest absolute Gasteiger partial charge is 0.507 e. The van der Waals surface area contributed by atoms with Gasteiger partial charge in [0.1, 0.15) is 24.3 Å². The maximum absolute atomic E-state index is 14.1. The van der Waals surface area contributed by atoms with Gasteiger partial charge in [0.15, 0.2) is 11.4 Å². The van der Waals surface area contributed by atoms with E-state index >= 15 is 0 Å². The molecule has 2 aliphatic heterocycles. The summed E-state index contributed by atoms with van der Waals surface area (Å²) in [5.74, 6) is -0.661. The Bertz CT molecular complexity index is 2530. The number of thiazole rings is 1. The van der Waals surface area contributed by atoms with E-state index < -0.39 is 18.1 Å². The normalized spacial score (nSPS) is 17.2. The molecule has 0 aliphatic carbocycles. The SMILES string of the molecule is Cc1ncsc1-c1ccc(CNC(=O)[C@@H]2C[C@@H](O)CN2C(=O)[C@@H](c2cc(OCCN(C)CCC(=O)N3CC(c4c[nH]c5nnc(-c6ccccc6O)cc45)C3)no2)C(C)C)cc1. The Morgan fingerprint density at radius 3 is 2.60 bits per heavy atom. The number of aliphatic hydroxyl groups excluding tert-OH is 1. The highest BCUT2D eigenvalue weighted by Gasteiger charge is 2.43. The van der Waals surface area contributed by atoms with Crippen molar-refractivity contribution in [3.8, 4) is 33.3 Å². The highest BCUT2D eigenvalue weighted by atomic mass is 32.1. The standard InChI is InChI=1S/C45H51N9O7S/c1-26(2)41(45(59)54-24-31(55)17-36(54)44(58)47-20-28-9-11-29(12-10-28)42-27(3)48-25-62-42)38-19-39(51-61-38)60-16-15-52(4)14-13-40(57)53-22-30(23-53)34-21-46-43-33(34)18-35(49-50-43)32-7-5-6-8-37(32)56/h5-12,18-19,21,25-26,30-31,36,41,55-56H,13-17,20,22-24H2,1-4H3,(H,46,50)(H,47,58)/t31-,36+,41-/m1/s1. The molecule has 0 unspecified atom stereocenters. The molecule has 0 radical (unpaired) electrons. The summed E-state index contributed by atoms with van der Waals surface area (Å²) in [6, 6.07) is 17.7. The molecule has 3 atom stereocenters. The molecule has 2 saturated heterocycles. The van der Waals surface area contributed by atoms with Gasteiger partial charge in [0.25, 0.3) is 5.88 Å². The number of nitrogens with one attached hydrogen (secondary N) is 2. The Hall–Kier alpha value is -6.17. The topological polar surface area (TPSA) is 203 Å². The number of carbonyl (C=O) groups excluding carboxylic acids is 3. The van der Waals surface area contributed by atoms with Crippen LogP contribution >= 0.6 is 11.3 Å². The van der Waals surface area contributed by atoms with Crippen molar-refractivity contribution >= 4 is 40.1 Å². The summed E-state index contributed by atoms with van der Waals surface area (Å²) >= 11 is 1.58. The highest BCUT2D eigenvalue weighted by molar-refractivity contribution is 7.13. The second-order valence-electron chi connectivity index (χ2n) is 16.5. The van der Waals surface area contributed by atoms with Crippen molar-refractivity contribution in [2.75, 3.05) is 46.4 Å². The van der Waals surface area contributed by atoms with Gasteiger partial charge in [0.05, 0.1) is 27.9 Å². The van der Waals surface area contributed by atoms with Gasteiger partial charge in [-0.1, -0.05) is 50.2 Å². The number of hydrogen-bond donors (Lipinski definition) is 4. The summed E-state index contributed by atoms with van der Waals surface area (Å²) in [7, 11) is 1.92. The van der Waals surface area contributed by atoms with E-state index in [9.17, 15) is 24.6 Å². The van der Waals surface area contributed by atoms with Gasteiger partial charge in [-0.25, -0.2) is 4.98 Å². The summed E-state index contributed by atoms with van der Waals surface area (Å²) in [5.41, 5.74) is 7.70. The Balaban J connectivity index is 0.784. The molecule has 0 saturated carbocycles. The minimum absolute atomic E-state index is 0.0378. The lowest BCUT2D eigenvalue weighted by Crippen LogP contribution is -2.49. The van der Waals surface area contributed by atoms with Crippen molar-refractivity contribution in [2.24, 2.45) is 5.92 Å². The Labute approximate surface area is 362 Å². The molecule has 6 heterocycles. The number of amides is 3. The average molecular weight is 862 g/mol. The lowest BCUT2D eigenvalue weighted by Gasteiger charge is -2.39. The first-order valence-corrected chi connectivity index (χ1v) is 21.8. The van der Waals surface area contributed by atoms with Crippen LogP contribution in [0.3, 0.4) is 0 Å². The van der Waals surface area contributed by atoms with Crippen LogP contribution in [0.4, 0.5) is 0 Å². The number of aliphatic hydroxyl groups is 1. The van der Waals surface area contributed by atoms with Gasteiger partial charge in [-0.15, -0.1) is 21.5 Å². The number of carbonyl (C=O) groups is 3. The Kier molecular flexibility index (Phi) is 12.6. The zero-order valence-corrected chi connectivity index (χ0v) is 36.0. The van der Waals surface area contributed by atoms with Gasteiger partial charge in [-0.2, -0.15) is 0 Å². The molecule has 16 nitrogen and oxygen atoms in total. The number of phenols is 1. The molecule has 8 rings (SSSR count). The predicted molar refractivity (Wildman–Crippen MR) is 232 cm³/mol. The minimum Gasteiger partial charge on any atom is -0.507 e. The quantitative estimate of drug-likeness (QED) is 0.101. The van der Waals surface area contributed by atoms with Crippen LogP contribution in [0.5, 0.6) is 11.6 Å². The Morgan fingerprint density at radius 1 is 1.06 bits per heavy atom. The van der Waals surface area contributed by atoms with Gasteiger partial charge in [0, 0.05) is 81.2 Å². The van der Waals surface area contributed by atoms with E-state index in [1.807, 2.05) is 85.7 Å². The first-order chi connectivity index (χ1) is 29.9. The fourth-order valence-electron chi connectivity index (χ4n) is 8.21. The van der Waals surface area contributed by atoms with Crippen LogP contribution in [0, 0.1) is 12.8 Å². The van der Waals surface area contributed by atoms with Gasteiger partial charge >= 0.3 is 0 Å². The number of rotatable bonds is 16. The van der Waals surface area contributed by atoms with Crippen molar-refractivity contribution in [3.63, 3.8) is 0 Å². The maximum Gasteiger partial charge on any atom is 0.254 e. The molecule has 4 aromatic heterocycles. The van der Waals surface area contributed by atoms with Crippen LogP contribution in [0.1, 0.15) is 61.1 Å². The van der Waals surface area contributed by atoms with Crippen LogP contribution < -0.4 is 10.1 Å². The number of hydrogen-bond acceptors (Lipinski definition) is 13. The molecule has 6 aromatic rings. The zero-order chi connectivity index (χ0) is 43.5. The number of nitrogens with zero attached hydrogens (tertiary/aromatic N) is 7. The number of ether oxygens (including phenoxy) is 1. The summed E-state index contributed by atoms with van der Waals surface area (Å²) < 4.78 is 11.5. The third-order valence-corrected chi connectivity index (χ3v) is 12.8. The number of phenolic OH excluding ortho intramolecular Hbond substituents is 1. The monoisotopic (exact) mass is 861 g/mol. The Morgan fingerprint density at radius 2 is 1.85 bits per heavy atom. The van der Waals surface area contributed by atoms with Crippen LogP contribution in [-0.4, -0.2) is 126 Å². The molecule has 17 heteroatoms. The number of aryl methyl sites for hydroxylation is 1. The first-order valence-electron chi connectivity index (χ1n) is 20.9. The number of likely N-dealkylation sites (tertiary alicyclic amines) is 2.